The van der Waals surface area contributed by atoms with Crippen LogP contribution in [-0.2, 0) is 23.5 Å². The Bertz CT molecular complexity index is 1060. The lowest BCUT2D eigenvalue weighted by atomic mass is 9.70. The third-order valence-electron chi connectivity index (χ3n) is 7.60. The molecule has 2 aromatic rings. The van der Waals surface area contributed by atoms with Crippen LogP contribution in [0.2, 0.25) is 0 Å². The lowest BCUT2D eigenvalue weighted by Crippen LogP contribution is -2.65. The molecule has 0 saturated carbocycles. The number of aliphatic hydroxyl groups is 5. The van der Waals surface area contributed by atoms with Gasteiger partial charge in [-0.25, -0.2) is 0 Å². The first-order chi connectivity index (χ1) is 18.2. The molecular formula is C28H39BO10. The molecule has 5 N–H and O–H groups in total. The SMILES string of the molecule is C.Cc1cc(C)c(B2O[C@H]3[C@@H]4OC[C@@H](O4)[C@@H](O2)[C@@H]3O)c(C)c1.OC[C@H]1O[C@@H](c2ccccc2)[C@H](O)[C@@H](O)[C@@H]1O. The van der Waals surface area contributed by atoms with E-state index in [-0.39, 0.29) is 13.5 Å². The summed E-state index contributed by atoms with van der Waals surface area (Å²) in [5.74, 6) is 0. The molecule has 4 aliphatic rings. The average Bonchev–Trinajstić information content (AvgIpc) is 3.36. The van der Waals surface area contributed by atoms with Crippen molar-refractivity contribution < 1.29 is 49.1 Å². The van der Waals surface area contributed by atoms with Gasteiger partial charge in [0.15, 0.2) is 6.29 Å². The Morgan fingerprint density at radius 2 is 1.46 bits per heavy atom. The van der Waals surface area contributed by atoms with Gasteiger partial charge in [0.2, 0.25) is 0 Å². The van der Waals surface area contributed by atoms with Crippen molar-refractivity contribution in [3.05, 3.63) is 64.7 Å². The molecule has 11 heteroatoms. The van der Waals surface area contributed by atoms with Crippen molar-refractivity contribution in [1.82, 2.24) is 0 Å². The molecule has 214 valence electrons. The summed E-state index contributed by atoms with van der Waals surface area (Å²) in [6, 6.07) is 13.2. The van der Waals surface area contributed by atoms with Gasteiger partial charge in [0.05, 0.1) is 13.2 Å². The third-order valence-corrected chi connectivity index (χ3v) is 7.60. The standard InChI is InChI=1S/C15H19BO5.C12H16O5.CH4/c1-7-4-8(2)11(9(3)5-7)16-20-13-10-6-18-15(19-10)14(21-16)12(13)17;13-6-8-9(14)10(15)11(16)12(17-8)7-4-2-1-3-5-7;/h4-5,10,12-15,17H,6H2,1-3H3;1-5,8-16H,6H2;1H4/t10-,12+,13-,14-,15-;8-,9-,10+,11-,12+;/m11./s1. The first-order valence-electron chi connectivity index (χ1n) is 12.9. The third kappa shape index (κ3) is 5.80. The molecule has 39 heavy (non-hydrogen) atoms. The monoisotopic (exact) mass is 546 g/mol. The molecule has 0 radical (unpaired) electrons. The van der Waals surface area contributed by atoms with E-state index in [4.69, 9.17) is 28.6 Å². The van der Waals surface area contributed by atoms with Crippen LogP contribution in [0, 0.1) is 20.8 Å². The highest BCUT2D eigenvalue weighted by Gasteiger charge is 2.57. The van der Waals surface area contributed by atoms with Crippen LogP contribution in [0.3, 0.4) is 0 Å². The van der Waals surface area contributed by atoms with Crippen molar-refractivity contribution in [2.45, 2.75) is 89.4 Å². The summed E-state index contributed by atoms with van der Waals surface area (Å²) in [5.41, 5.74) is 5.24. The van der Waals surface area contributed by atoms with Gasteiger partial charge in [-0.15, -0.1) is 0 Å². The van der Waals surface area contributed by atoms with Crippen LogP contribution in [0.4, 0.5) is 0 Å². The van der Waals surface area contributed by atoms with Crippen molar-refractivity contribution in [2.75, 3.05) is 13.2 Å². The Balaban J connectivity index is 0.000000181. The van der Waals surface area contributed by atoms with Crippen LogP contribution in [0.15, 0.2) is 42.5 Å². The molecule has 4 aliphatic heterocycles. The first kappa shape index (κ1) is 30.1. The second kappa shape index (κ2) is 12.3. The Hall–Kier alpha value is -1.90. The van der Waals surface area contributed by atoms with Crippen LogP contribution in [-0.4, -0.2) is 101 Å². The van der Waals surface area contributed by atoms with E-state index in [0.29, 0.717) is 12.2 Å². The summed E-state index contributed by atoms with van der Waals surface area (Å²) >= 11 is 0. The van der Waals surface area contributed by atoms with E-state index in [2.05, 4.69) is 32.9 Å². The summed E-state index contributed by atoms with van der Waals surface area (Å²) in [7, 11) is -0.473. The number of ether oxygens (including phenoxy) is 3. The fourth-order valence-corrected chi connectivity index (χ4v) is 5.70. The number of benzene rings is 2. The number of aryl methyl sites for hydroxylation is 3. The molecule has 0 unspecified atom stereocenters. The fourth-order valence-electron chi connectivity index (χ4n) is 5.70. The topological polar surface area (TPSA) is 147 Å². The van der Waals surface area contributed by atoms with Gasteiger partial charge in [-0.2, -0.15) is 0 Å². The zero-order valence-electron chi connectivity index (χ0n) is 21.6. The maximum absolute atomic E-state index is 10.3. The Kier molecular flexibility index (Phi) is 9.50. The van der Waals surface area contributed by atoms with E-state index in [1.165, 1.54) is 5.56 Å². The van der Waals surface area contributed by atoms with E-state index >= 15 is 0 Å². The van der Waals surface area contributed by atoms with Crippen molar-refractivity contribution in [2.24, 2.45) is 0 Å². The Morgan fingerprint density at radius 3 is 2.10 bits per heavy atom. The van der Waals surface area contributed by atoms with Crippen LogP contribution < -0.4 is 5.46 Å². The molecule has 4 saturated heterocycles. The number of fused-ring (bicyclic) bond motifs is 6. The second-order valence-corrected chi connectivity index (χ2v) is 10.4. The van der Waals surface area contributed by atoms with E-state index < -0.39 is 68.8 Å². The zero-order valence-corrected chi connectivity index (χ0v) is 21.6. The van der Waals surface area contributed by atoms with Gasteiger partial charge < -0.3 is 49.1 Å². The smallest absolute Gasteiger partial charge is 0.399 e. The molecule has 6 rings (SSSR count). The first-order valence-corrected chi connectivity index (χ1v) is 12.9. The summed E-state index contributed by atoms with van der Waals surface area (Å²) in [4.78, 5) is 0. The van der Waals surface area contributed by atoms with E-state index in [1.54, 1.807) is 24.3 Å². The number of aliphatic hydroxyl groups excluding tert-OH is 5. The van der Waals surface area contributed by atoms with E-state index in [0.717, 1.165) is 16.6 Å². The number of hydrogen-bond acceptors (Lipinski definition) is 10. The Labute approximate surface area is 229 Å². The zero-order chi connectivity index (χ0) is 27.1. The molecule has 4 fully saturated rings. The van der Waals surface area contributed by atoms with Gasteiger partial charge in [0, 0.05) is 0 Å². The van der Waals surface area contributed by atoms with Gasteiger partial charge in [-0.1, -0.05) is 66.6 Å². The molecule has 10 nitrogen and oxygen atoms in total. The fraction of sp³-hybridized carbons (Fsp3) is 0.571. The lowest BCUT2D eigenvalue weighted by molar-refractivity contribution is -0.243. The average molecular weight is 546 g/mol. The highest BCUT2D eigenvalue weighted by atomic mass is 16.8. The molecule has 0 amide bonds. The van der Waals surface area contributed by atoms with Crippen molar-refractivity contribution >= 4 is 12.6 Å². The Morgan fingerprint density at radius 1 is 0.821 bits per heavy atom. The van der Waals surface area contributed by atoms with Crippen molar-refractivity contribution in [1.29, 1.82) is 0 Å². The van der Waals surface area contributed by atoms with Gasteiger partial charge in [0.25, 0.3) is 0 Å². The van der Waals surface area contributed by atoms with Gasteiger partial charge in [0.1, 0.15) is 54.9 Å². The van der Waals surface area contributed by atoms with Crippen molar-refractivity contribution in [3.63, 3.8) is 0 Å². The molecule has 4 bridgehead atoms. The number of rotatable bonds is 3. The lowest BCUT2D eigenvalue weighted by Gasteiger charge is -2.44. The van der Waals surface area contributed by atoms with Crippen LogP contribution >= 0.6 is 0 Å². The molecule has 0 spiro atoms. The summed E-state index contributed by atoms with van der Waals surface area (Å²) in [6.07, 6.45) is -7.74. The predicted molar refractivity (Wildman–Crippen MR) is 142 cm³/mol. The van der Waals surface area contributed by atoms with Crippen molar-refractivity contribution in [3.8, 4) is 0 Å². The molecule has 10 atom stereocenters. The van der Waals surface area contributed by atoms with Crippen LogP contribution in [0.25, 0.3) is 0 Å². The van der Waals surface area contributed by atoms with Crippen LogP contribution in [0.1, 0.15) is 35.8 Å². The summed E-state index contributed by atoms with van der Waals surface area (Å²) in [6.45, 7) is 6.24. The highest BCUT2D eigenvalue weighted by molar-refractivity contribution is 6.62. The van der Waals surface area contributed by atoms with Gasteiger partial charge in [-0.05, 0) is 31.8 Å². The summed E-state index contributed by atoms with van der Waals surface area (Å²) in [5, 5.41) is 48.5. The van der Waals surface area contributed by atoms with Gasteiger partial charge >= 0.3 is 7.12 Å². The minimum Gasteiger partial charge on any atom is -0.399 e. The minimum absolute atomic E-state index is 0. The number of hydrogen-bond donors (Lipinski definition) is 5. The molecule has 0 aliphatic carbocycles. The van der Waals surface area contributed by atoms with E-state index in [1.807, 2.05) is 6.07 Å². The summed E-state index contributed by atoms with van der Waals surface area (Å²) < 4.78 is 28.6. The quantitative estimate of drug-likeness (QED) is 0.335. The molecular weight excluding hydrogens is 507 g/mol. The molecule has 2 aromatic carbocycles. The maximum atomic E-state index is 10.3. The predicted octanol–water partition coefficient (Wildman–Crippen LogP) is 0.0447. The maximum Gasteiger partial charge on any atom is 0.495 e. The minimum atomic E-state index is -1.33. The molecule has 4 heterocycles. The van der Waals surface area contributed by atoms with E-state index in [9.17, 15) is 20.4 Å². The second-order valence-electron chi connectivity index (χ2n) is 10.4. The normalized spacial score (nSPS) is 37.0. The van der Waals surface area contributed by atoms with Crippen LogP contribution in [0.5, 0.6) is 0 Å². The highest BCUT2D eigenvalue weighted by Crippen LogP contribution is 2.36. The molecule has 0 aromatic heterocycles. The van der Waals surface area contributed by atoms with Gasteiger partial charge in [-0.3, -0.25) is 0 Å². The largest absolute Gasteiger partial charge is 0.495 e.